The fraction of sp³-hybridized carbons (Fsp3) is 0.357. The van der Waals surface area contributed by atoms with E-state index in [0.717, 1.165) is 18.9 Å². The zero-order chi connectivity index (χ0) is 31.6. The van der Waals surface area contributed by atoms with E-state index >= 15 is 4.39 Å². The molecule has 2 unspecified atom stereocenters. The van der Waals surface area contributed by atoms with Gasteiger partial charge in [-0.25, -0.2) is 18.6 Å². The Morgan fingerprint density at radius 3 is 2.49 bits per heavy atom. The van der Waals surface area contributed by atoms with E-state index in [1.165, 1.54) is 21.0 Å². The number of hydrogen-bond acceptors (Lipinski definition) is 8. The van der Waals surface area contributed by atoms with Crippen LogP contribution in [-0.2, 0) is 25.2 Å². The van der Waals surface area contributed by atoms with Crippen molar-refractivity contribution in [1.82, 2.24) is 9.97 Å². The summed E-state index contributed by atoms with van der Waals surface area (Å²) in [5.74, 6) is -7.52. The van der Waals surface area contributed by atoms with E-state index in [0.29, 0.717) is 34.1 Å². The lowest BCUT2D eigenvalue weighted by molar-refractivity contribution is -0.146. The van der Waals surface area contributed by atoms with Crippen LogP contribution in [0.2, 0.25) is 5.02 Å². The third-order valence-electron chi connectivity index (χ3n) is 6.50. The van der Waals surface area contributed by atoms with Crippen LogP contribution in [0.5, 0.6) is 5.75 Å². The molecule has 1 aliphatic heterocycles. The maximum atomic E-state index is 15.5. The van der Waals surface area contributed by atoms with Gasteiger partial charge < -0.3 is 19.2 Å². The maximum absolute atomic E-state index is 15.5. The van der Waals surface area contributed by atoms with Crippen LogP contribution < -0.4 is 4.74 Å². The van der Waals surface area contributed by atoms with Gasteiger partial charge >= 0.3 is 18.1 Å². The third-order valence-corrected chi connectivity index (χ3v) is 7.70. The van der Waals surface area contributed by atoms with E-state index in [1.807, 2.05) is 0 Å². The van der Waals surface area contributed by atoms with Crippen molar-refractivity contribution >= 4 is 52.0 Å². The minimum Gasteiger partial charge on any atom is -0.497 e. The Kier molecular flexibility index (Phi) is 9.70. The number of hydrogen-bond donors (Lipinski definition) is 1. The van der Waals surface area contributed by atoms with Gasteiger partial charge in [-0.15, -0.1) is 0 Å². The Hall–Kier alpha value is -3.65. The van der Waals surface area contributed by atoms with Crippen molar-refractivity contribution in [1.29, 1.82) is 0 Å². The minimum absolute atomic E-state index is 0.237. The van der Waals surface area contributed by atoms with Crippen LogP contribution in [0, 0.1) is 11.7 Å². The number of thioether (sulfide) groups is 1. The summed E-state index contributed by atoms with van der Waals surface area (Å²) in [5.41, 5.74) is -2.96. The molecule has 0 bridgehead atoms. The van der Waals surface area contributed by atoms with Crippen molar-refractivity contribution in [3.8, 4) is 5.75 Å². The molecule has 1 N–H and O–H groups in total. The van der Waals surface area contributed by atoms with Gasteiger partial charge in [0.05, 0.1) is 58.9 Å². The van der Waals surface area contributed by atoms with Gasteiger partial charge in [-0.1, -0.05) is 23.4 Å². The number of methoxy groups -OCH3 is 2. The van der Waals surface area contributed by atoms with E-state index in [4.69, 9.17) is 25.8 Å². The standard InChI is InChI=1S/C28H25ClF5N3O5S/c1-12(2)42-26(39)22-19(11-43-27-36-16-8-5-13(40-3)9-17(16)37-27)35-18(10-30)21(25(38)41-4)23(22)20-15(31)7-6-14(29)24(20)28(32,33)34/h5-9,12,21,23H,10-11H2,1-4H3,(H,36,37). The summed E-state index contributed by atoms with van der Waals surface area (Å²) in [7, 11) is 2.41. The molecule has 1 aliphatic rings. The van der Waals surface area contributed by atoms with Gasteiger partial charge in [0.15, 0.2) is 5.16 Å². The molecular formula is C28H25ClF5N3O5S. The number of nitrogens with zero attached hydrogens (tertiary/aromatic N) is 2. The summed E-state index contributed by atoms with van der Waals surface area (Å²) < 4.78 is 88.4. The second-order valence-corrected chi connectivity index (χ2v) is 10.9. The van der Waals surface area contributed by atoms with Crippen LogP contribution >= 0.6 is 23.4 Å². The predicted molar refractivity (Wildman–Crippen MR) is 150 cm³/mol. The molecule has 0 aliphatic carbocycles. The second-order valence-electron chi connectivity index (χ2n) is 9.56. The first kappa shape index (κ1) is 32.3. The van der Waals surface area contributed by atoms with Gasteiger partial charge in [-0.3, -0.25) is 9.79 Å². The first-order valence-corrected chi connectivity index (χ1v) is 14.0. The number of fused-ring (bicyclic) bond motifs is 1. The van der Waals surface area contributed by atoms with Crippen LogP contribution in [0.3, 0.4) is 0 Å². The number of aliphatic imine (C=N–C) groups is 1. The number of alkyl halides is 4. The van der Waals surface area contributed by atoms with Gasteiger partial charge in [0, 0.05) is 23.3 Å². The van der Waals surface area contributed by atoms with Gasteiger partial charge in [0.2, 0.25) is 0 Å². The van der Waals surface area contributed by atoms with Crippen LogP contribution in [-0.4, -0.2) is 60.4 Å². The summed E-state index contributed by atoms with van der Waals surface area (Å²) in [6.07, 6.45) is -5.99. The number of benzene rings is 2. The molecule has 3 aromatic rings. The molecule has 4 rings (SSSR count). The number of halogens is 6. The van der Waals surface area contributed by atoms with E-state index in [2.05, 4.69) is 15.0 Å². The smallest absolute Gasteiger partial charge is 0.418 e. The largest absolute Gasteiger partial charge is 0.497 e. The van der Waals surface area contributed by atoms with E-state index in [1.54, 1.807) is 18.2 Å². The molecule has 0 radical (unpaired) electrons. The molecule has 2 atom stereocenters. The normalized spacial score (nSPS) is 17.3. The molecule has 0 amide bonds. The van der Waals surface area contributed by atoms with Crippen LogP contribution in [0.15, 0.2) is 51.8 Å². The number of imidazole rings is 1. The van der Waals surface area contributed by atoms with Gasteiger partial charge in [0.25, 0.3) is 0 Å². The summed E-state index contributed by atoms with van der Waals surface area (Å²) >= 11 is 6.91. The molecule has 0 saturated heterocycles. The number of rotatable bonds is 9. The van der Waals surface area contributed by atoms with Crippen LogP contribution in [0.4, 0.5) is 22.0 Å². The Bertz CT molecular complexity index is 1620. The molecule has 43 heavy (non-hydrogen) atoms. The Morgan fingerprint density at radius 1 is 1.16 bits per heavy atom. The number of H-pyrrole nitrogens is 1. The Labute approximate surface area is 251 Å². The lowest BCUT2D eigenvalue weighted by atomic mass is 9.73. The Balaban J connectivity index is 1.96. The average molecular weight is 646 g/mol. The summed E-state index contributed by atoms with van der Waals surface area (Å²) in [4.78, 5) is 38.2. The zero-order valence-corrected chi connectivity index (χ0v) is 24.7. The molecule has 230 valence electrons. The third kappa shape index (κ3) is 6.64. The molecular weight excluding hydrogens is 621 g/mol. The molecule has 0 fully saturated rings. The van der Waals surface area contributed by atoms with Crippen molar-refractivity contribution in [2.24, 2.45) is 10.9 Å². The summed E-state index contributed by atoms with van der Waals surface area (Å²) in [5, 5.41) is -0.567. The number of ether oxygens (including phenoxy) is 3. The quantitative estimate of drug-likeness (QED) is 0.157. The van der Waals surface area contributed by atoms with E-state index in [9.17, 15) is 27.2 Å². The fourth-order valence-electron chi connectivity index (χ4n) is 4.75. The summed E-state index contributed by atoms with van der Waals surface area (Å²) in [6, 6.07) is 6.44. The van der Waals surface area contributed by atoms with Gasteiger partial charge in [-0.2, -0.15) is 13.2 Å². The van der Waals surface area contributed by atoms with E-state index in [-0.39, 0.29) is 11.4 Å². The topological polar surface area (TPSA) is 103 Å². The van der Waals surface area contributed by atoms with Crippen LogP contribution in [0.1, 0.15) is 30.9 Å². The highest BCUT2D eigenvalue weighted by molar-refractivity contribution is 7.99. The van der Waals surface area contributed by atoms with Crippen molar-refractivity contribution in [3.05, 3.63) is 63.6 Å². The van der Waals surface area contributed by atoms with E-state index < -0.39 is 76.0 Å². The minimum atomic E-state index is -5.23. The van der Waals surface area contributed by atoms with Crippen LogP contribution in [0.25, 0.3) is 11.0 Å². The Morgan fingerprint density at radius 2 is 1.88 bits per heavy atom. The number of carbonyl (C=O) groups is 2. The first-order chi connectivity index (χ1) is 20.3. The highest BCUT2D eigenvalue weighted by atomic mass is 35.5. The molecule has 0 spiro atoms. The SMILES string of the molecule is COC(=O)C1C(CF)=NC(CSc2nc3ccc(OC)cc3[nH]2)=C(C(=O)OC(C)C)C1c1c(F)ccc(Cl)c1C(F)(F)F. The predicted octanol–water partition coefficient (Wildman–Crippen LogP) is 6.68. The molecule has 2 aromatic carbocycles. The monoisotopic (exact) mass is 645 g/mol. The average Bonchev–Trinajstić information content (AvgIpc) is 3.36. The highest BCUT2D eigenvalue weighted by Gasteiger charge is 2.50. The van der Waals surface area contributed by atoms with Crippen molar-refractivity contribution in [2.45, 2.75) is 37.2 Å². The van der Waals surface area contributed by atoms with Crippen molar-refractivity contribution in [2.75, 3.05) is 26.6 Å². The fourth-order valence-corrected chi connectivity index (χ4v) is 5.86. The molecule has 0 saturated carbocycles. The molecule has 1 aromatic heterocycles. The zero-order valence-electron chi connectivity index (χ0n) is 23.1. The van der Waals surface area contributed by atoms with Crippen molar-refractivity contribution in [3.63, 3.8) is 0 Å². The second kappa shape index (κ2) is 12.9. The van der Waals surface area contributed by atoms with Crippen molar-refractivity contribution < 1.29 is 45.8 Å². The first-order valence-electron chi connectivity index (χ1n) is 12.7. The number of nitrogens with one attached hydrogen (secondary N) is 1. The maximum Gasteiger partial charge on any atom is 0.418 e. The molecule has 2 heterocycles. The number of aromatic amines is 1. The molecule has 15 heteroatoms. The number of esters is 2. The van der Waals surface area contributed by atoms with Gasteiger partial charge in [-0.05, 0) is 38.1 Å². The number of aromatic nitrogens is 2. The number of carbonyl (C=O) groups excluding carboxylic acids is 2. The lowest BCUT2D eigenvalue weighted by Crippen LogP contribution is -2.40. The lowest BCUT2D eigenvalue weighted by Gasteiger charge is -2.34. The molecule has 8 nitrogen and oxygen atoms in total. The van der Waals surface area contributed by atoms with Gasteiger partial charge in [0.1, 0.15) is 24.2 Å². The summed E-state index contributed by atoms with van der Waals surface area (Å²) in [6.45, 7) is 1.57. The highest BCUT2D eigenvalue weighted by Crippen LogP contribution is 2.49.